The molecule has 1 aromatic heterocycles. The first kappa shape index (κ1) is 20.5. The predicted octanol–water partition coefficient (Wildman–Crippen LogP) is 5.64. The molecule has 1 aliphatic rings. The van der Waals surface area contributed by atoms with Crippen LogP contribution >= 0.6 is 0 Å². The SMILES string of the molecule is Cc1cc(Oc2ncccc2C#N)ccc1NC(=O)C1(c2cccc(F)c2)CCCC1. The zero-order valence-electron chi connectivity index (χ0n) is 17.2. The molecule has 3 aromatic rings. The molecule has 0 unspecified atom stereocenters. The number of anilines is 1. The second kappa shape index (κ2) is 8.57. The van der Waals surface area contributed by atoms with Crippen molar-refractivity contribution < 1.29 is 13.9 Å². The monoisotopic (exact) mass is 415 g/mol. The van der Waals surface area contributed by atoms with Gasteiger partial charge in [0.1, 0.15) is 23.2 Å². The number of hydrogen-bond donors (Lipinski definition) is 1. The van der Waals surface area contributed by atoms with E-state index >= 15 is 0 Å². The number of hydrogen-bond acceptors (Lipinski definition) is 4. The third kappa shape index (κ3) is 4.13. The lowest BCUT2D eigenvalue weighted by Crippen LogP contribution is -2.38. The van der Waals surface area contributed by atoms with Gasteiger partial charge in [-0.3, -0.25) is 4.79 Å². The maximum atomic E-state index is 13.9. The molecule has 1 heterocycles. The summed E-state index contributed by atoms with van der Waals surface area (Å²) in [6.45, 7) is 1.87. The lowest BCUT2D eigenvalue weighted by Gasteiger charge is -2.28. The summed E-state index contributed by atoms with van der Waals surface area (Å²) in [6, 6.07) is 17.0. The number of halogens is 1. The number of carbonyl (C=O) groups excluding carboxylic acids is 1. The molecule has 6 heteroatoms. The minimum atomic E-state index is -0.723. The average Bonchev–Trinajstić information content (AvgIpc) is 3.27. The van der Waals surface area contributed by atoms with Gasteiger partial charge < -0.3 is 10.1 Å². The molecule has 156 valence electrons. The zero-order valence-corrected chi connectivity index (χ0v) is 17.2. The standard InChI is InChI=1S/C25H22FN3O2/c1-17-14-21(31-23-18(16-27)6-5-13-28-23)9-10-22(17)29-24(30)25(11-2-3-12-25)19-7-4-8-20(26)15-19/h4-10,13-15H,2-3,11-12H2,1H3,(H,29,30). The molecule has 5 nitrogen and oxygen atoms in total. The Morgan fingerprint density at radius 2 is 1.97 bits per heavy atom. The zero-order chi connectivity index (χ0) is 21.8. The average molecular weight is 415 g/mol. The third-order valence-corrected chi connectivity index (χ3v) is 5.82. The Balaban J connectivity index is 1.56. The molecule has 1 amide bonds. The number of aromatic nitrogens is 1. The molecule has 0 aliphatic heterocycles. The van der Waals surface area contributed by atoms with E-state index in [2.05, 4.69) is 16.4 Å². The van der Waals surface area contributed by atoms with Gasteiger partial charge in [-0.1, -0.05) is 25.0 Å². The second-order valence-electron chi connectivity index (χ2n) is 7.80. The minimum absolute atomic E-state index is 0.121. The van der Waals surface area contributed by atoms with E-state index in [0.717, 1.165) is 24.0 Å². The van der Waals surface area contributed by atoms with Crippen molar-refractivity contribution in [3.05, 3.63) is 83.3 Å². The van der Waals surface area contributed by atoms with Crippen LogP contribution in [0.2, 0.25) is 0 Å². The van der Waals surface area contributed by atoms with Crippen molar-refractivity contribution in [2.75, 3.05) is 5.32 Å². The number of nitrogens with one attached hydrogen (secondary N) is 1. The van der Waals surface area contributed by atoms with Crippen LogP contribution in [0.3, 0.4) is 0 Å². The van der Waals surface area contributed by atoms with Gasteiger partial charge in [-0.15, -0.1) is 0 Å². The molecule has 1 fully saturated rings. The van der Waals surface area contributed by atoms with Gasteiger partial charge in [-0.05, 0) is 73.4 Å². The lowest BCUT2D eigenvalue weighted by molar-refractivity contribution is -0.121. The number of rotatable bonds is 5. The first-order chi connectivity index (χ1) is 15.0. The number of amides is 1. The Bertz CT molecular complexity index is 1160. The summed E-state index contributed by atoms with van der Waals surface area (Å²) in [5.41, 5.74) is 1.82. The molecule has 1 aliphatic carbocycles. The molecule has 0 spiro atoms. The van der Waals surface area contributed by atoms with Crippen molar-refractivity contribution in [1.82, 2.24) is 4.98 Å². The van der Waals surface area contributed by atoms with E-state index in [1.165, 1.54) is 12.1 Å². The van der Waals surface area contributed by atoms with Gasteiger partial charge in [-0.2, -0.15) is 5.26 Å². The molecule has 0 saturated heterocycles. The normalized spacial score (nSPS) is 14.6. The fraction of sp³-hybridized carbons (Fsp3) is 0.240. The number of pyridine rings is 1. The van der Waals surface area contributed by atoms with Gasteiger partial charge >= 0.3 is 0 Å². The quantitative estimate of drug-likeness (QED) is 0.585. The van der Waals surface area contributed by atoms with E-state index in [1.54, 1.807) is 42.6 Å². The molecule has 1 N–H and O–H groups in total. The molecule has 0 bridgehead atoms. The summed E-state index contributed by atoms with van der Waals surface area (Å²) >= 11 is 0. The van der Waals surface area contributed by atoms with Gasteiger partial charge in [-0.25, -0.2) is 9.37 Å². The first-order valence-corrected chi connectivity index (χ1v) is 10.2. The number of carbonyl (C=O) groups is 1. The summed E-state index contributed by atoms with van der Waals surface area (Å²) in [5.74, 6) is 0.299. The van der Waals surface area contributed by atoms with Crippen LogP contribution in [0.4, 0.5) is 10.1 Å². The molecule has 31 heavy (non-hydrogen) atoms. The van der Waals surface area contributed by atoms with E-state index in [0.29, 0.717) is 29.8 Å². The van der Waals surface area contributed by atoms with Gasteiger partial charge in [0.05, 0.1) is 5.41 Å². The van der Waals surface area contributed by atoms with Gasteiger partial charge in [0.2, 0.25) is 11.8 Å². The van der Waals surface area contributed by atoms with Crippen LogP contribution in [0.15, 0.2) is 60.8 Å². The Hall–Kier alpha value is -3.72. The molecular formula is C25H22FN3O2. The Labute approximate surface area is 180 Å². The minimum Gasteiger partial charge on any atom is -0.438 e. The van der Waals surface area contributed by atoms with Crippen molar-refractivity contribution in [3.8, 4) is 17.7 Å². The van der Waals surface area contributed by atoms with Crippen LogP contribution in [0.25, 0.3) is 0 Å². The van der Waals surface area contributed by atoms with Crippen molar-refractivity contribution >= 4 is 11.6 Å². The highest BCUT2D eigenvalue weighted by molar-refractivity contribution is 6.00. The molecule has 1 saturated carbocycles. The molecule has 4 rings (SSSR count). The topological polar surface area (TPSA) is 75.0 Å². The highest BCUT2D eigenvalue weighted by atomic mass is 19.1. The Morgan fingerprint density at radius 3 is 2.68 bits per heavy atom. The largest absolute Gasteiger partial charge is 0.438 e. The first-order valence-electron chi connectivity index (χ1n) is 10.2. The Morgan fingerprint density at radius 1 is 1.16 bits per heavy atom. The van der Waals surface area contributed by atoms with Crippen LogP contribution in [-0.2, 0) is 10.2 Å². The third-order valence-electron chi connectivity index (χ3n) is 5.82. The van der Waals surface area contributed by atoms with Crippen molar-refractivity contribution in [2.24, 2.45) is 0 Å². The maximum absolute atomic E-state index is 13.9. The van der Waals surface area contributed by atoms with Gasteiger partial charge in [0.25, 0.3) is 0 Å². The second-order valence-corrected chi connectivity index (χ2v) is 7.80. The maximum Gasteiger partial charge on any atom is 0.237 e. The fourth-order valence-electron chi connectivity index (χ4n) is 4.16. The Kier molecular flexibility index (Phi) is 5.68. The number of nitrogens with zero attached hydrogens (tertiary/aromatic N) is 2. The molecule has 2 aromatic carbocycles. The summed E-state index contributed by atoms with van der Waals surface area (Å²) in [6.07, 6.45) is 4.81. The van der Waals surface area contributed by atoms with E-state index in [4.69, 9.17) is 4.74 Å². The van der Waals surface area contributed by atoms with E-state index in [1.807, 2.05) is 13.0 Å². The summed E-state index contributed by atoms with van der Waals surface area (Å²) < 4.78 is 19.6. The predicted molar refractivity (Wildman–Crippen MR) is 115 cm³/mol. The van der Waals surface area contributed by atoms with E-state index < -0.39 is 5.41 Å². The van der Waals surface area contributed by atoms with Crippen LogP contribution in [0.1, 0.15) is 42.4 Å². The van der Waals surface area contributed by atoms with E-state index in [9.17, 15) is 14.4 Å². The molecule has 0 radical (unpaired) electrons. The number of benzene rings is 2. The smallest absolute Gasteiger partial charge is 0.237 e. The van der Waals surface area contributed by atoms with Crippen LogP contribution in [0.5, 0.6) is 11.6 Å². The van der Waals surface area contributed by atoms with E-state index in [-0.39, 0.29) is 17.6 Å². The van der Waals surface area contributed by atoms with Gasteiger partial charge in [0.15, 0.2) is 0 Å². The van der Waals surface area contributed by atoms with Crippen molar-refractivity contribution in [3.63, 3.8) is 0 Å². The fourth-order valence-corrected chi connectivity index (χ4v) is 4.16. The molecular weight excluding hydrogens is 393 g/mol. The number of aryl methyl sites for hydroxylation is 1. The summed E-state index contributed by atoms with van der Waals surface area (Å²) in [4.78, 5) is 17.5. The molecule has 0 atom stereocenters. The van der Waals surface area contributed by atoms with Crippen LogP contribution in [-0.4, -0.2) is 10.9 Å². The number of nitriles is 1. The van der Waals surface area contributed by atoms with Crippen LogP contribution < -0.4 is 10.1 Å². The van der Waals surface area contributed by atoms with Gasteiger partial charge in [0, 0.05) is 11.9 Å². The van der Waals surface area contributed by atoms with Crippen molar-refractivity contribution in [1.29, 1.82) is 5.26 Å². The number of ether oxygens (including phenoxy) is 1. The summed E-state index contributed by atoms with van der Waals surface area (Å²) in [7, 11) is 0. The highest BCUT2D eigenvalue weighted by Gasteiger charge is 2.43. The highest BCUT2D eigenvalue weighted by Crippen LogP contribution is 2.42. The summed E-state index contributed by atoms with van der Waals surface area (Å²) in [5, 5.41) is 12.2. The van der Waals surface area contributed by atoms with Crippen LogP contribution in [0, 0.1) is 24.1 Å². The van der Waals surface area contributed by atoms with Crippen molar-refractivity contribution in [2.45, 2.75) is 38.0 Å². The lowest BCUT2D eigenvalue weighted by atomic mass is 9.78.